The van der Waals surface area contributed by atoms with Crippen LogP contribution in [0.15, 0.2) is 23.5 Å². The van der Waals surface area contributed by atoms with Crippen LogP contribution >= 0.6 is 11.6 Å². The van der Waals surface area contributed by atoms with Crippen LogP contribution in [0.5, 0.6) is 0 Å². The highest BCUT2D eigenvalue weighted by atomic mass is 35.5. The first-order valence-electron chi connectivity index (χ1n) is 12.0. The summed E-state index contributed by atoms with van der Waals surface area (Å²) < 4.78 is 18.4. The van der Waals surface area contributed by atoms with Crippen LogP contribution < -0.4 is 0 Å². The van der Waals surface area contributed by atoms with Gasteiger partial charge in [0.15, 0.2) is 0 Å². The van der Waals surface area contributed by atoms with Crippen LogP contribution in [0.3, 0.4) is 0 Å². The standard InChI is InChI=1S/C25H31ClO6/c1-10-15-6-7-25(3)14-8-12-4-5-13-18(22(11(2)21(13)28)31-16(27)9-26)17(12)19(14)20(23(10)32-25)24(29)30-15/h4-5,10-15,17-19,21-22,28H,6-9H2,1-3H3/t10-,11-,12+,13+,14+,15+,17-,18-,19+,21-,22+,25+/m0/s1. The first kappa shape index (κ1) is 21.0. The fraction of sp³-hybridized carbons (Fsp3) is 0.760. The van der Waals surface area contributed by atoms with Crippen molar-refractivity contribution in [3.05, 3.63) is 23.5 Å². The van der Waals surface area contributed by atoms with E-state index in [0.29, 0.717) is 5.57 Å². The van der Waals surface area contributed by atoms with Crippen LogP contribution in [0.25, 0.3) is 0 Å². The van der Waals surface area contributed by atoms with Gasteiger partial charge in [0.2, 0.25) is 0 Å². The van der Waals surface area contributed by atoms with Gasteiger partial charge < -0.3 is 19.3 Å². The lowest BCUT2D eigenvalue weighted by atomic mass is 9.64. The molecular weight excluding hydrogens is 432 g/mol. The van der Waals surface area contributed by atoms with Gasteiger partial charge in [0, 0.05) is 29.6 Å². The zero-order valence-electron chi connectivity index (χ0n) is 18.7. The van der Waals surface area contributed by atoms with Crippen molar-refractivity contribution in [2.24, 2.45) is 47.3 Å². The number of aliphatic hydroxyl groups excluding tert-OH is 1. The smallest absolute Gasteiger partial charge is 0.338 e. The minimum Gasteiger partial charge on any atom is -0.491 e. The molecule has 0 aromatic heterocycles. The summed E-state index contributed by atoms with van der Waals surface area (Å²) in [5, 5.41) is 11.0. The molecule has 3 heterocycles. The Morgan fingerprint density at radius 2 is 2.09 bits per heavy atom. The maximum atomic E-state index is 13.3. The van der Waals surface area contributed by atoms with E-state index >= 15 is 0 Å². The largest absolute Gasteiger partial charge is 0.491 e. The van der Waals surface area contributed by atoms with E-state index in [4.69, 9.17) is 25.8 Å². The number of hydrogen-bond donors (Lipinski definition) is 1. The van der Waals surface area contributed by atoms with E-state index in [1.165, 1.54) is 0 Å². The SMILES string of the molecule is C[C@H]1[C@H](O)[C@@H]2C=C[C@@H]3C[C@@H]4[C@@H](C5=C6O[C@]4(C)CC[C@@H](OC5=O)[C@@H]6C)[C@@H]3[C@H]2[C@@H]1OC(=O)CCl. The molecule has 6 aliphatic rings. The van der Waals surface area contributed by atoms with E-state index in [-0.39, 0.29) is 70.9 Å². The molecule has 0 amide bonds. The third-order valence-corrected chi connectivity index (χ3v) is 9.86. The number of halogens is 1. The summed E-state index contributed by atoms with van der Waals surface area (Å²) in [5.74, 6) is 0.106. The molecule has 2 saturated carbocycles. The minimum atomic E-state index is -0.596. The Labute approximate surface area is 193 Å². The van der Waals surface area contributed by atoms with Crippen LogP contribution in [-0.4, -0.2) is 46.8 Å². The molecule has 7 heteroatoms. The number of carbonyl (C=O) groups is 2. The number of allylic oxidation sites excluding steroid dienone is 1. The Kier molecular flexibility index (Phi) is 4.59. The zero-order chi connectivity index (χ0) is 22.5. The molecule has 0 aromatic rings. The van der Waals surface area contributed by atoms with Gasteiger partial charge in [-0.3, -0.25) is 4.79 Å². The van der Waals surface area contributed by atoms with Crippen molar-refractivity contribution in [3.63, 3.8) is 0 Å². The average Bonchev–Trinajstić information content (AvgIpc) is 3.26. The normalized spacial score (nSPS) is 52.5. The van der Waals surface area contributed by atoms with Gasteiger partial charge in [-0.05, 0) is 38.0 Å². The van der Waals surface area contributed by atoms with Crippen molar-refractivity contribution < 1.29 is 28.9 Å². The minimum absolute atomic E-state index is 0.0186. The van der Waals surface area contributed by atoms with E-state index in [1.54, 1.807) is 0 Å². The number of carbonyl (C=O) groups excluding carboxylic acids is 2. The lowest BCUT2D eigenvalue weighted by Gasteiger charge is -2.48. The van der Waals surface area contributed by atoms with Gasteiger partial charge in [0.05, 0.1) is 17.6 Å². The highest BCUT2D eigenvalue weighted by Crippen LogP contribution is 2.65. The molecule has 174 valence electrons. The van der Waals surface area contributed by atoms with Crippen LogP contribution in [0.1, 0.15) is 40.0 Å². The highest BCUT2D eigenvalue weighted by Gasteiger charge is 2.66. The second-order valence-corrected chi connectivity index (χ2v) is 11.3. The van der Waals surface area contributed by atoms with E-state index < -0.39 is 18.2 Å². The number of esters is 2. The van der Waals surface area contributed by atoms with E-state index in [9.17, 15) is 14.7 Å². The predicted octanol–water partition coefficient (Wildman–Crippen LogP) is 3.22. The summed E-state index contributed by atoms with van der Waals surface area (Å²) in [5.41, 5.74) is 0.364. The van der Waals surface area contributed by atoms with Gasteiger partial charge in [-0.25, -0.2) is 4.79 Å². The lowest BCUT2D eigenvalue weighted by Crippen LogP contribution is -2.49. The molecule has 12 atom stereocenters. The predicted molar refractivity (Wildman–Crippen MR) is 115 cm³/mol. The molecule has 3 fully saturated rings. The molecule has 0 aromatic carbocycles. The summed E-state index contributed by atoms with van der Waals surface area (Å²) in [7, 11) is 0. The average molecular weight is 463 g/mol. The fourth-order valence-corrected chi connectivity index (χ4v) is 8.22. The molecule has 0 radical (unpaired) electrons. The fourth-order valence-electron chi connectivity index (χ4n) is 8.15. The van der Waals surface area contributed by atoms with E-state index in [1.807, 2.05) is 6.92 Å². The van der Waals surface area contributed by atoms with Gasteiger partial charge in [-0.2, -0.15) is 0 Å². The zero-order valence-corrected chi connectivity index (χ0v) is 19.5. The Balaban J connectivity index is 1.48. The van der Waals surface area contributed by atoms with Gasteiger partial charge >= 0.3 is 11.9 Å². The van der Waals surface area contributed by atoms with Crippen molar-refractivity contribution in [2.45, 2.75) is 63.9 Å². The molecule has 3 aliphatic heterocycles. The second-order valence-electron chi connectivity index (χ2n) is 11.1. The third kappa shape index (κ3) is 2.62. The maximum absolute atomic E-state index is 13.3. The van der Waals surface area contributed by atoms with Crippen molar-refractivity contribution in [1.82, 2.24) is 0 Å². The first-order chi connectivity index (χ1) is 15.2. The second kappa shape index (κ2) is 6.99. The number of hydrogen-bond acceptors (Lipinski definition) is 6. The van der Waals surface area contributed by atoms with E-state index in [2.05, 4.69) is 26.0 Å². The molecular formula is C25H31ClO6. The Hall–Kier alpha value is -1.53. The third-order valence-electron chi connectivity index (χ3n) is 9.65. The molecule has 1 saturated heterocycles. The molecule has 0 unspecified atom stereocenters. The summed E-state index contributed by atoms with van der Waals surface area (Å²) in [4.78, 5) is 25.5. The Morgan fingerprint density at radius 3 is 2.84 bits per heavy atom. The van der Waals surface area contributed by atoms with Crippen LogP contribution in [0.2, 0.25) is 0 Å². The van der Waals surface area contributed by atoms with Gasteiger partial charge in [-0.1, -0.05) is 26.0 Å². The lowest BCUT2D eigenvalue weighted by molar-refractivity contribution is -0.157. The van der Waals surface area contributed by atoms with Gasteiger partial charge in [-0.15, -0.1) is 11.6 Å². The van der Waals surface area contributed by atoms with Gasteiger partial charge in [0.1, 0.15) is 29.4 Å². The number of aliphatic hydroxyl groups is 1. The molecule has 6 rings (SSSR count). The molecule has 32 heavy (non-hydrogen) atoms. The number of alkyl halides is 1. The molecule has 0 spiro atoms. The topological polar surface area (TPSA) is 82.1 Å². The molecule has 1 N–H and O–H groups in total. The van der Waals surface area contributed by atoms with Crippen molar-refractivity contribution >= 4 is 23.5 Å². The summed E-state index contributed by atoms with van der Waals surface area (Å²) in [6.07, 6.45) is 5.80. The molecule has 3 aliphatic carbocycles. The number of ether oxygens (including phenoxy) is 3. The molecule has 3 bridgehead atoms. The van der Waals surface area contributed by atoms with Gasteiger partial charge in [0.25, 0.3) is 0 Å². The van der Waals surface area contributed by atoms with Crippen molar-refractivity contribution in [2.75, 3.05) is 5.88 Å². The van der Waals surface area contributed by atoms with Crippen LogP contribution in [0, 0.1) is 47.3 Å². The summed E-state index contributed by atoms with van der Waals surface area (Å²) >= 11 is 5.76. The number of fused-ring (bicyclic) bond motifs is 9. The quantitative estimate of drug-likeness (QED) is 0.385. The monoisotopic (exact) mass is 462 g/mol. The summed E-state index contributed by atoms with van der Waals surface area (Å²) in [6.45, 7) is 6.24. The van der Waals surface area contributed by atoms with Crippen molar-refractivity contribution in [1.29, 1.82) is 0 Å². The van der Waals surface area contributed by atoms with Crippen LogP contribution in [0.4, 0.5) is 0 Å². The first-order valence-corrected chi connectivity index (χ1v) is 12.5. The maximum Gasteiger partial charge on any atom is 0.338 e. The van der Waals surface area contributed by atoms with E-state index in [0.717, 1.165) is 25.0 Å². The van der Waals surface area contributed by atoms with Crippen molar-refractivity contribution in [3.8, 4) is 0 Å². The Bertz CT molecular complexity index is 927. The number of rotatable bonds is 2. The molecule has 6 nitrogen and oxygen atoms in total. The highest BCUT2D eigenvalue weighted by molar-refractivity contribution is 6.26. The summed E-state index contributed by atoms with van der Waals surface area (Å²) in [6, 6.07) is 0. The Morgan fingerprint density at radius 1 is 1.31 bits per heavy atom. The van der Waals surface area contributed by atoms with Crippen LogP contribution in [-0.2, 0) is 23.8 Å².